The molecule has 1 aromatic rings. The molecule has 1 fully saturated rings. The zero-order chi connectivity index (χ0) is 20.4. The Bertz CT molecular complexity index is 621. The topological polar surface area (TPSA) is 58.1 Å². The Balaban J connectivity index is 1.86. The van der Waals surface area contributed by atoms with Crippen LogP contribution in [-0.4, -0.2) is 63.4 Å². The standard InChI is InChI=1S/C22H38N4O2/c1-17-9-10-20(21(14-17)28-13-12-27-5)16-25-22(23-4)24-15-19(3)26-11-7-6-8-18(26)2/h9-10,14,18-19H,6-8,11-13,15-16H2,1-5H3,(H2,23,24,25). The van der Waals surface area contributed by atoms with E-state index in [0.29, 0.717) is 31.8 Å². The molecule has 6 heteroatoms. The van der Waals surface area contributed by atoms with E-state index in [1.807, 2.05) is 7.05 Å². The second kappa shape index (κ2) is 11.9. The van der Waals surface area contributed by atoms with Crippen molar-refractivity contribution in [2.75, 3.05) is 40.5 Å². The van der Waals surface area contributed by atoms with Gasteiger partial charge in [0.25, 0.3) is 0 Å². The van der Waals surface area contributed by atoms with Crippen LogP contribution >= 0.6 is 0 Å². The molecule has 1 aliphatic rings. The summed E-state index contributed by atoms with van der Waals surface area (Å²) in [5.41, 5.74) is 2.30. The molecule has 0 bridgehead atoms. The van der Waals surface area contributed by atoms with E-state index in [2.05, 4.69) is 59.5 Å². The number of guanidine groups is 1. The van der Waals surface area contributed by atoms with Gasteiger partial charge in [0.1, 0.15) is 12.4 Å². The molecule has 0 aromatic heterocycles. The number of ether oxygens (including phenoxy) is 2. The molecule has 2 N–H and O–H groups in total. The van der Waals surface area contributed by atoms with Gasteiger partial charge in [-0.05, 0) is 51.8 Å². The molecule has 0 amide bonds. The molecule has 2 unspecified atom stereocenters. The summed E-state index contributed by atoms with van der Waals surface area (Å²) in [7, 11) is 3.50. The fraction of sp³-hybridized carbons (Fsp3) is 0.682. The predicted molar refractivity (Wildman–Crippen MR) is 116 cm³/mol. The first-order valence-electron chi connectivity index (χ1n) is 10.5. The summed E-state index contributed by atoms with van der Waals surface area (Å²) in [6.45, 7) is 10.6. The Labute approximate surface area is 170 Å². The fourth-order valence-electron chi connectivity index (χ4n) is 3.71. The van der Waals surface area contributed by atoms with Gasteiger partial charge in [0.05, 0.1) is 6.61 Å². The largest absolute Gasteiger partial charge is 0.491 e. The van der Waals surface area contributed by atoms with Gasteiger partial charge < -0.3 is 20.1 Å². The molecule has 1 saturated heterocycles. The molecular formula is C22H38N4O2. The molecule has 1 aliphatic heterocycles. The van der Waals surface area contributed by atoms with Crippen LogP contribution in [0.15, 0.2) is 23.2 Å². The van der Waals surface area contributed by atoms with Crippen LogP contribution in [-0.2, 0) is 11.3 Å². The van der Waals surface area contributed by atoms with Crippen molar-refractivity contribution in [3.8, 4) is 5.75 Å². The van der Waals surface area contributed by atoms with Crippen molar-refractivity contribution in [2.24, 2.45) is 4.99 Å². The van der Waals surface area contributed by atoms with E-state index >= 15 is 0 Å². The summed E-state index contributed by atoms with van der Waals surface area (Å²) >= 11 is 0. The number of piperidine rings is 1. The van der Waals surface area contributed by atoms with Crippen molar-refractivity contribution in [3.63, 3.8) is 0 Å². The number of nitrogens with one attached hydrogen (secondary N) is 2. The molecule has 2 rings (SSSR count). The molecular weight excluding hydrogens is 352 g/mol. The lowest BCUT2D eigenvalue weighted by Gasteiger charge is -2.38. The molecule has 0 aliphatic carbocycles. The molecule has 1 heterocycles. The van der Waals surface area contributed by atoms with E-state index in [-0.39, 0.29) is 0 Å². The number of rotatable bonds is 9. The summed E-state index contributed by atoms with van der Waals surface area (Å²) < 4.78 is 11.0. The first-order valence-corrected chi connectivity index (χ1v) is 10.5. The fourth-order valence-corrected chi connectivity index (χ4v) is 3.71. The molecule has 1 aromatic carbocycles. The highest BCUT2D eigenvalue weighted by molar-refractivity contribution is 5.79. The number of nitrogens with zero attached hydrogens (tertiary/aromatic N) is 2. The van der Waals surface area contributed by atoms with E-state index in [1.165, 1.54) is 31.4 Å². The van der Waals surface area contributed by atoms with Gasteiger partial charge in [-0.1, -0.05) is 18.6 Å². The van der Waals surface area contributed by atoms with Crippen molar-refractivity contribution >= 4 is 5.96 Å². The highest BCUT2D eigenvalue weighted by Crippen LogP contribution is 2.20. The maximum atomic E-state index is 5.88. The van der Waals surface area contributed by atoms with Crippen LogP contribution in [0, 0.1) is 6.92 Å². The van der Waals surface area contributed by atoms with Crippen LogP contribution in [0.5, 0.6) is 5.75 Å². The summed E-state index contributed by atoms with van der Waals surface area (Å²) in [5, 5.41) is 6.89. The van der Waals surface area contributed by atoms with Crippen molar-refractivity contribution in [3.05, 3.63) is 29.3 Å². The van der Waals surface area contributed by atoms with Crippen molar-refractivity contribution in [1.29, 1.82) is 0 Å². The number of hydrogen-bond donors (Lipinski definition) is 2. The Kier molecular flexibility index (Phi) is 9.58. The smallest absolute Gasteiger partial charge is 0.191 e. The Morgan fingerprint density at radius 1 is 1.29 bits per heavy atom. The van der Waals surface area contributed by atoms with Crippen LogP contribution in [0.1, 0.15) is 44.2 Å². The molecule has 28 heavy (non-hydrogen) atoms. The average Bonchev–Trinajstić information content (AvgIpc) is 2.69. The van der Waals surface area contributed by atoms with Gasteiger partial charge in [-0.2, -0.15) is 0 Å². The number of methoxy groups -OCH3 is 1. The SMILES string of the molecule is CN=C(NCc1ccc(C)cc1OCCOC)NCC(C)N1CCCCC1C. The summed E-state index contributed by atoms with van der Waals surface area (Å²) in [6, 6.07) is 7.44. The lowest BCUT2D eigenvalue weighted by molar-refractivity contribution is 0.115. The first kappa shape index (κ1) is 22.5. The highest BCUT2D eigenvalue weighted by Gasteiger charge is 2.23. The van der Waals surface area contributed by atoms with Gasteiger partial charge in [0.2, 0.25) is 0 Å². The average molecular weight is 391 g/mol. The van der Waals surface area contributed by atoms with Gasteiger partial charge in [-0.15, -0.1) is 0 Å². The molecule has 2 atom stereocenters. The Hall–Kier alpha value is -1.79. The molecule has 0 radical (unpaired) electrons. The molecule has 0 spiro atoms. The zero-order valence-corrected chi connectivity index (χ0v) is 18.3. The van der Waals surface area contributed by atoms with E-state index in [0.717, 1.165) is 23.8 Å². The number of aryl methyl sites for hydroxylation is 1. The van der Waals surface area contributed by atoms with Gasteiger partial charge in [0.15, 0.2) is 5.96 Å². The minimum absolute atomic E-state index is 0.487. The van der Waals surface area contributed by atoms with Crippen LogP contribution < -0.4 is 15.4 Å². The monoisotopic (exact) mass is 390 g/mol. The summed E-state index contributed by atoms with van der Waals surface area (Å²) in [6.07, 6.45) is 3.96. The van der Waals surface area contributed by atoms with Crippen LogP contribution in [0.25, 0.3) is 0 Å². The molecule has 158 valence electrons. The number of hydrogen-bond acceptors (Lipinski definition) is 4. The summed E-state index contributed by atoms with van der Waals surface area (Å²) in [5.74, 6) is 1.72. The van der Waals surface area contributed by atoms with Crippen LogP contribution in [0.4, 0.5) is 0 Å². The van der Waals surface area contributed by atoms with Gasteiger partial charge in [-0.3, -0.25) is 9.89 Å². The third-order valence-electron chi connectivity index (χ3n) is 5.42. The molecule has 0 saturated carbocycles. The molecule has 6 nitrogen and oxygen atoms in total. The second-order valence-corrected chi connectivity index (χ2v) is 7.69. The van der Waals surface area contributed by atoms with Gasteiger partial charge >= 0.3 is 0 Å². The lowest BCUT2D eigenvalue weighted by atomic mass is 10.0. The Morgan fingerprint density at radius 2 is 2.11 bits per heavy atom. The third-order valence-corrected chi connectivity index (χ3v) is 5.42. The number of benzene rings is 1. The minimum Gasteiger partial charge on any atom is -0.491 e. The van der Waals surface area contributed by atoms with E-state index in [1.54, 1.807) is 7.11 Å². The van der Waals surface area contributed by atoms with Crippen LogP contribution in [0.2, 0.25) is 0 Å². The predicted octanol–water partition coefficient (Wildman–Crippen LogP) is 2.95. The first-order chi connectivity index (χ1) is 13.5. The quantitative estimate of drug-likeness (QED) is 0.386. The second-order valence-electron chi connectivity index (χ2n) is 7.69. The summed E-state index contributed by atoms with van der Waals surface area (Å²) in [4.78, 5) is 6.98. The minimum atomic E-state index is 0.487. The van der Waals surface area contributed by atoms with Gasteiger partial charge in [-0.25, -0.2) is 0 Å². The van der Waals surface area contributed by atoms with Crippen molar-refractivity contribution in [1.82, 2.24) is 15.5 Å². The maximum Gasteiger partial charge on any atom is 0.191 e. The maximum absolute atomic E-state index is 5.88. The van der Waals surface area contributed by atoms with Crippen molar-refractivity contribution in [2.45, 2.75) is 58.7 Å². The van der Waals surface area contributed by atoms with E-state index < -0.39 is 0 Å². The van der Waals surface area contributed by atoms with Crippen molar-refractivity contribution < 1.29 is 9.47 Å². The van der Waals surface area contributed by atoms with Crippen LogP contribution in [0.3, 0.4) is 0 Å². The Morgan fingerprint density at radius 3 is 2.82 bits per heavy atom. The third kappa shape index (κ3) is 6.99. The van der Waals surface area contributed by atoms with E-state index in [9.17, 15) is 0 Å². The number of likely N-dealkylation sites (tertiary alicyclic amines) is 1. The van der Waals surface area contributed by atoms with E-state index in [4.69, 9.17) is 9.47 Å². The van der Waals surface area contributed by atoms with Gasteiger partial charge in [0, 0.05) is 44.9 Å². The normalized spacial score (nSPS) is 19.3. The lowest BCUT2D eigenvalue weighted by Crippen LogP contribution is -2.50. The zero-order valence-electron chi connectivity index (χ0n) is 18.3. The number of aliphatic imine (C=N–C) groups is 1. The highest BCUT2D eigenvalue weighted by atomic mass is 16.5.